The number of hydrogen-bond acceptors (Lipinski definition) is 4. The Hall–Kier alpha value is -2.18. The molecule has 1 amide bonds. The molecular weight excluding hydrogens is 292 g/mol. The average molecular weight is 314 g/mol. The molecule has 1 aliphatic heterocycles. The first kappa shape index (κ1) is 15.7. The lowest BCUT2D eigenvalue weighted by Gasteiger charge is -2.22. The van der Waals surface area contributed by atoms with Gasteiger partial charge in [0.15, 0.2) is 0 Å². The second-order valence-electron chi connectivity index (χ2n) is 5.63. The number of carbonyl (C=O) groups excluding carboxylic acids is 1. The fourth-order valence-corrected chi connectivity index (χ4v) is 2.64. The third-order valence-electron chi connectivity index (χ3n) is 3.91. The van der Waals surface area contributed by atoms with Gasteiger partial charge in [-0.25, -0.2) is 4.98 Å². The van der Waals surface area contributed by atoms with Crippen molar-refractivity contribution in [1.82, 2.24) is 15.3 Å². The van der Waals surface area contributed by atoms with Crippen LogP contribution in [-0.4, -0.2) is 41.7 Å². The molecule has 0 atom stereocenters. The van der Waals surface area contributed by atoms with Gasteiger partial charge in [-0.15, -0.1) is 0 Å². The number of benzene rings is 1. The number of hydrogen-bond donors (Lipinski definition) is 3. The zero-order valence-electron chi connectivity index (χ0n) is 13.0. The minimum absolute atomic E-state index is 0.0234. The Balaban J connectivity index is 1.42. The predicted molar refractivity (Wildman–Crippen MR) is 89.1 cm³/mol. The Morgan fingerprint density at radius 2 is 2.04 bits per heavy atom. The van der Waals surface area contributed by atoms with E-state index >= 15 is 0 Å². The third kappa shape index (κ3) is 4.64. The van der Waals surface area contributed by atoms with Crippen LogP contribution >= 0.6 is 0 Å². The summed E-state index contributed by atoms with van der Waals surface area (Å²) in [5.41, 5.74) is 1.77. The molecule has 23 heavy (non-hydrogen) atoms. The molecular formula is C17H22N4O2. The van der Waals surface area contributed by atoms with Crippen molar-refractivity contribution in [1.29, 1.82) is 0 Å². The fourth-order valence-electron chi connectivity index (χ4n) is 2.64. The van der Waals surface area contributed by atoms with Crippen LogP contribution in [0.4, 0.5) is 5.69 Å². The molecule has 0 aliphatic carbocycles. The van der Waals surface area contributed by atoms with Crippen molar-refractivity contribution in [3.8, 4) is 11.4 Å². The predicted octanol–water partition coefficient (Wildman–Crippen LogP) is 2.17. The number of aromatic amines is 1. The summed E-state index contributed by atoms with van der Waals surface area (Å²) in [5, 5.41) is 6.19. The number of anilines is 1. The summed E-state index contributed by atoms with van der Waals surface area (Å²) >= 11 is 0. The molecule has 2 heterocycles. The molecule has 0 saturated carbocycles. The van der Waals surface area contributed by atoms with Gasteiger partial charge in [-0.3, -0.25) is 4.79 Å². The Kier molecular flexibility index (Phi) is 5.39. The van der Waals surface area contributed by atoms with E-state index in [1.807, 2.05) is 24.3 Å². The van der Waals surface area contributed by atoms with Crippen LogP contribution in [0.3, 0.4) is 0 Å². The molecule has 1 saturated heterocycles. The average Bonchev–Trinajstić information content (AvgIpc) is 3.11. The highest BCUT2D eigenvalue weighted by Gasteiger charge is 2.13. The normalized spacial score (nSPS) is 15.5. The van der Waals surface area contributed by atoms with Gasteiger partial charge in [0.25, 0.3) is 0 Å². The number of rotatable bonds is 6. The van der Waals surface area contributed by atoms with Gasteiger partial charge in [0, 0.05) is 23.6 Å². The van der Waals surface area contributed by atoms with Crippen LogP contribution in [0.15, 0.2) is 36.7 Å². The van der Waals surface area contributed by atoms with E-state index in [1.165, 1.54) is 0 Å². The summed E-state index contributed by atoms with van der Waals surface area (Å²) in [6.45, 7) is 2.47. The van der Waals surface area contributed by atoms with Gasteiger partial charge in [0.1, 0.15) is 5.82 Å². The zero-order chi connectivity index (χ0) is 15.9. The van der Waals surface area contributed by atoms with Crippen LogP contribution in [0.5, 0.6) is 0 Å². The van der Waals surface area contributed by atoms with Gasteiger partial charge in [-0.05, 0) is 50.2 Å². The summed E-state index contributed by atoms with van der Waals surface area (Å²) in [5.74, 6) is 0.794. The number of imidazole rings is 1. The summed E-state index contributed by atoms with van der Waals surface area (Å²) in [7, 11) is 0. The van der Waals surface area contributed by atoms with E-state index in [-0.39, 0.29) is 12.0 Å². The first-order valence-corrected chi connectivity index (χ1v) is 8.03. The number of carbonyl (C=O) groups is 1. The topological polar surface area (TPSA) is 79.0 Å². The molecule has 122 valence electrons. The Morgan fingerprint density at radius 3 is 2.74 bits per heavy atom. The van der Waals surface area contributed by atoms with Gasteiger partial charge in [-0.1, -0.05) is 0 Å². The quantitative estimate of drug-likeness (QED) is 0.763. The van der Waals surface area contributed by atoms with Crippen molar-refractivity contribution in [3.05, 3.63) is 36.7 Å². The van der Waals surface area contributed by atoms with E-state index in [4.69, 9.17) is 4.74 Å². The summed E-state index contributed by atoms with van der Waals surface area (Å²) in [6.07, 6.45) is 6.22. The van der Waals surface area contributed by atoms with E-state index in [1.54, 1.807) is 12.4 Å². The number of nitrogens with one attached hydrogen (secondary N) is 3. The summed E-state index contributed by atoms with van der Waals surface area (Å²) < 4.78 is 5.75. The number of piperidine rings is 1. The van der Waals surface area contributed by atoms with Crippen LogP contribution in [0.25, 0.3) is 11.4 Å². The largest absolute Gasteiger partial charge is 0.378 e. The van der Waals surface area contributed by atoms with Crippen LogP contribution < -0.4 is 10.6 Å². The van der Waals surface area contributed by atoms with Gasteiger partial charge in [-0.2, -0.15) is 0 Å². The highest BCUT2D eigenvalue weighted by molar-refractivity contribution is 5.90. The van der Waals surface area contributed by atoms with Crippen molar-refractivity contribution in [3.63, 3.8) is 0 Å². The Labute approximate surface area is 135 Å². The monoisotopic (exact) mass is 314 g/mol. The molecule has 6 heteroatoms. The van der Waals surface area contributed by atoms with Crippen LogP contribution in [0.1, 0.15) is 19.3 Å². The maximum Gasteiger partial charge on any atom is 0.226 e. The smallest absolute Gasteiger partial charge is 0.226 e. The van der Waals surface area contributed by atoms with Crippen LogP contribution in [-0.2, 0) is 9.53 Å². The number of H-pyrrole nitrogens is 1. The maximum absolute atomic E-state index is 11.9. The molecule has 1 aromatic carbocycles. The second kappa shape index (κ2) is 7.89. The SMILES string of the molecule is O=C(CCOC1CCNCC1)Nc1ccc(-c2ncc[nH]2)cc1. The third-order valence-corrected chi connectivity index (χ3v) is 3.91. The second-order valence-corrected chi connectivity index (χ2v) is 5.63. The lowest BCUT2D eigenvalue weighted by Crippen LogP contribution is -2.33. The van der Waals surface area contributed by atoms with E-state index in [0.717, 1.165) is 43.0 Å². The minimum atomic E-state index is -0.0234. The van der Waals surface area contributed by atoms with Gasteiger partial charge in [0.05, 0.1) is 19.1 Å². The van der Waals surface area contributed by atoms with E-state index in [9.17, 15) is 4.79 Å². The lowest BCUT2D eigenvalue weighted by molar-refractivity contribution is -0.117. The van der Waals surface area contributed by atoms with Gasteiger partial charge < -0.3 is 20.4 Å². The highest BCUT2D eigenvalue weighted by Crippen LogP contribution is 2.17. The van der Waals surface area contributed by atoms with Crippen molar-refractivity contribution in [2.45, 2.75) is 25.4 Å². The van der Waals surface area contributed by atoms with Crippen molar-refractivity contribution >= 4 is 11.6 Å². The summed E-state index contributed by atoms with van der Waals surface area (Å²) in [6, 6.07) is 7.62. The van der Waals surface area contributed by atoms with Crippen molar-refractivity contribution < 1.29 is 9.53 Å². The number of aromatic nitrogens is 2. The lowest BCUT2D eigenvalue weighted by atomic mass is 10.1. The number of nitrogens with zero attached hydrogens (tertiary/aromatic N) is 1. The Bertz CT molecular complexity index is 604. The first-order valence-electron chi connectivity index (χ1n) is 8.03. The maximum atomic E-state index is 11.9. The molecule has 6 nitrogen and oxygen atoms in total. The number of ether oxygens (including phenoxy) is 1. The van der Waals surface area contributed by atoms with Crippen molar-refractivity contribution in [2.75, 3.05) is 25.0 Å². The van der Waals surface area contributed by atoms with Crippen molar-refractivity contribution in [2.24, 2.45) is 0 Å². The highest BCUT2D eigenvalue weighted by atomic mass is 16.5. The Morgan fingerprint density at radius 1 is 1.26 bits per heavy atom. The molecule has 3 N–H and O–H groups in total. The zero-order valence-corrected chi connectivity index (χ0v) is 13.0. The van der Waals surface area contributed by atoms with E-state index < -0.39 is 0 Å². The molecule has 1 aromatic heterocycles. The van der Waals surface area contributed by atoms with Crippen LogP contribution in [0, 0.1) is 0 Å². The molecule has 2 aromatic rings. The van der Waals surface area contributed by atoms with E-state index in [0.29, 0.717) is 13.0 Å². The van der Waals surface area contributed by atoms with Gasteiger partial charge >= 0.3 is 0 Å². The van der Waals surface area contributed by atoms with Gasteiger partial charge in [0.2, 0.25) is 5.91 Å². The molecule has 1 fully saturated rings. The fraction of sp³-hybridized carbons (Fsp3) is 0.412. The minimum Gasteiger partial charge on any atom is -0.378 e. The molecule has 1 aliphatic rings. The molecule has 0 unspecified atom stereocenters. The molecule has 3 rings (SSSR count). The van der Waals surface area contributed by atoms with Crippen LogP contribution in [0.2, 0.25) is 0 Å². The van der Waals surface area contributed by atoms with E-state index in [2.05, 4.69) is 20.6 Å². The first-order chi connectivity index (χ1) is 11.3. The molecule has 0 bridgehead atoms. The summed E-state index contributed by atoms with van der Waals surface area (Å²) in [4.78, 5) is 19.2. The number of amides is 1. The molecule has 0 radical (unpaired) electrons. The molecule has 0 spiro atoms. The standard InChI is InChI=1S/C17H22N4O2/c22-16(7-12-23-15-5-8-18-9-6-15)21-14-3-1-13(2-4-14)17-19-10-11-20-17/h1-4,10-11,15,18H,5-9,12H2,(H,19,20)(H,21,22).